The molecular formula is C15H20N4O2. The molecule has 0 unspecified atom stereocenters. The molecule has 0 aliphatic heterocycles. The van der Waals surface area contributed by atoms with Crippen LogP contribution in [0.25, 0.3) is 5.69 Å². The highest BCUT2D eigenvalue weighted by Gasteiger charge is 2.18. The number of carbonyl (C=O) groups excluding carboxylic acids is 1. The van der Waals surface area contributed by atoms with Gasteiger partial charge in [0.1, 0.15) is 5.69 Å². The van der Waals surface area contributed by atoms with Gasteiger partial charge in [0.2, 0.25) is 0 Å². The largest absolute Gasteiger partial charge is 0.390 e. The number of aromatic nitrogens is 3. The fourth-order valence-electron chi connectivity index (χ4n) is 1.91. The first-order valence-electron chi connectivity index (χ1n) is 6.99. The van der Waals surface area contributed by atoms with Gasteiger partial charge in [0, 0.05) is 6.54 Å². The lowest BCUT2D eigenvalue weighted by Gasteiger charge is -2.03. The van der Waals surface area contributed by atoms with Gasteiger partial charge < -0.3 is 10.4 Å². The lowest BCUT2D eigenvalue weighted by atomic mass is 10.1. The van der Waals surface area contributed by atoms with Crippen molar-refractivity contribution in [3.05, 3.63) is 40.7 Å². The maximum Gasteiger partial charge on any atom is 0.273 e. The fraction of sp³-hybridized carbons (Fsp3) is 0.400. The first-order valence-corrected chi connectivity index (χ1v) is 6.99. The van der Waals surface area contributed by atoms with E-state index in [4.69, 9.17) is 0 Å². The molecule has 0 radical (unpaired) electrons. The van der Waals surface area contributed by atoms with Crippen LogP contribution in [0.4, 0.5) is 0 Å². The molecule has 2 aromatic rings. The summed E-state index contributed by atoms with van der Waals surface area (Å²) in [5.74, 6) is -0.309. The predicted molar refractivity (Wildman–Crippen MR) is 79.4 cm³/mol. The van der Waals surface area contributed by atoms with Crippen molar-refractivity contribution in [3.63, 3.8) is 0 Å². The Bertz CT molecular complexity index is 649. The zero-order valence-electron chi connectivity index (χ0n) is 12.6. The van der Waals surface area contributed by atoms with Crippen molar-refractivity contribution in [1.29, 1.82) is 0 Å². The molecule has 6 nitrogen and oxygen atoms in total. The molecule has 0 saturated carbocycles. The van der Waals surface area contributed by atoms with Crippen LogP contribution in [0, 0.1) is 13.8 Å². The Labute approximate surface area is 123 Å². The third-order valence-electron chi connectivity index (χ3n) is 3.31. The van der Waals surface area contributed by atoms with Gasteiger partial charge in [-0.05, 0) is 43.5 Å². The van der Waals surface area contributed by atoms with E-state index < -0.39 is 0 Å². The summed E-state index contributed by atoms with van der Waals surface area (Å²) in [5.41, 5.74) is 3.51. The normalized spacial score (nSPS) is 10.7. The van der Waals surface area contributed by atoms with E-state index in [1.165, 1.54) is 10.4 Å². The lowest BCUT2D eigenvalue weighted by molar-refractivity contribution is 0.0945. The Kier molecular flexibility index (Phi) is 4.70. The predicted octanol–water partition coefficient (Wildman–Crippen LogP) is 1.52. The van der Waals surface area contributed by atoms with E-state index in [1.807, 2.05) is 39.0 Å². The Hall–Kier alpha value is -2.21. The number of nitrogens with one attached hydrogen (secondary N) is 1. The van der Waals surface area contributed by atoms with Crippen LogP contribution < -0.4 is 5.32 Å². The molecule has 0 fully saturated rings. The summed E-state index contributed by atoms with van der Waals surface area (Å²) in [4.78, 5) is 13.4. The van der Waals surface area contributed by atoms with Crippen LogP contribution in [-0.2, 0) is 6.61 Å². The molecular weight excluding hydrogens is 268 g/mol. The maximum atomic E-state index is 12.0. The zero-order valence-corrected chi connectivity index (χ0v) is 12.6. The van der Waals surface area contributed by atoms with Crippen molar-refractivity contribution in [2.75, 3.05) is 6.54 Å². The van der Waals surface area contributed by atoms with Crippen molar-refractivity contribution in [3.8, 4) is 5.69 Å². The standard InChI is InChI=1S/C15H20N4O2/c1-4-7-16-15(21)14-13(9-20)17-19(18-14)12-6-5-10(2)11(3)8-12/h5-6,8,20H,4,7,9H2,1-3H3,(H,16,21). The molecule has 2 N–H and O–H groups in total. The third-order valence-corrected chi connectivity index (χ3v) is 3.31. The van der Waals surface area contributed by atoms with E-state index in [9.17, 15) is 9.90 Å². The number of aryl methyl sites for hydroxylation is 2. The van der Waals surface area contributed by atoms with E-state index >= 15 is 0 Å². The summed E-state index contributed by atoms with van der Waals surface area (Å²) < 4.78 is 0. The average molecular weight is 288 g/mol. The SMILES string of the molecule is CCCNC(=O)c1nn(-c2ccc(C)c(C)c2)nc1CO. The second-order valence-electron chi connectivity index (χ2n) is 4.97. The average Bonchev–Trinajstić information content (AvgIpc) is 2.92. The van der Waals surface area contributed by atoms with Gasteiger partial charge in [0.15, 0.2) is 5.69 Å². The van der Waals surface area contributed by atoms with Crippen molar-refractivity contribution in [2.45, 2.75) is 33.8 Å². The van der Waals surface area contributed by atoms with E-state index in [0.29, 0.717) is 6.54 Å². The Balaban J connectivity index is 2.35. The quantitative estimate of drug-likeness (QED) is 0.874. The van der Waals surface area contributed by atoms with Crippen LogP contribution in [0.1, 0.15) is 40.7 Å². The Morgan fingerprint density at radius 1 is 1.29 bits per heavy atom. The van der Waals surface area contributed by atoms with Crippen molar-refractivity contribution < 1.29 is 9.90 Å². The van der Waals surface area contributed by atoms with E-state index in [-0.39, 0.29) is 23.9 Å². The molecule has 6 heteroatoms. The second kappa shape index (κ2) is 6.49. The molecule has 0 aliphatic rings. The second-order valence-corrected chi connectivity index (χ2v) is 4.97. The van der Waals surface area contributed by atoms with E-state index in [2.05, 4.69) is 15.5 Å². The summed E-state index contributed by atoms with van der Waals surface area (Å²) in [6, 6.07) is 5.81. The minimum atomic E-state index is -0.320. The van der Waals surface area contributed by atoms with Crippen LogP contribution in [-0.4, -0.2) is 32.6 Å². The van der Waals surface area contributed by atoms with Crippen molar-refractivity contribution in [2.24, 2.45) is 0 Å². The van der Waals surface area contributed by atoms with Gasteiger partial charge in [0.05, 0.1) is 12.3 Å². The topological polar surface area (TPSA) is 80.0 Å². The van der Waals surface area contributed by atoms with Crippen LogP contribution in [0.15, 0.2) is 18.2 Å². The molecule has 1 aromatic carbocycles. The number of rotatable bonds is 5. The highest BCUT2D eigenvalue weighted by Crippen LogP contribution is 2.14. The third kappa shape index (κ3) is 3.28. The number of aliphatic hydroxyl groups is 1. The van der Waals surface area contributed by atoms with Crippen molar-refractivity contribution in [1.82, 2.24) is 20.3 Å². The van der Waals surface area contributed by atoms with Gasteiger partial charge in [-0.15, -0.1) is 10.2 Å². The molecule has 1 heterocycles. The number of hydrogen-bond acceptors (Lipinski definition) is 4. The Morgan fingerprint density at radius 2 is 2.05 bits per heavy atom. The van der Waals surface area contributed by atoms with Gasteiger partial charge >= 0.3 is 0 Å². The van der Waals surface area contributed by atoms with Crippen LogP contribution in [0.3, 0.4) is 0 Å². The first kappa shape index (κ1) is 15.2. The van der Waals surface area contributed by atoms with Gasteiger partial charge in [-0.2, -0.15) is 4.80 Å². The van der Waals surface area contributed by atoms with E-state index in [1.54, 1.807) is 0 Å². The zero-order chi connectivity index (χ0) is 15.4. The number of benzene rings is 1. The number of nitrogens with zero attached hydrogens (tertiary/aromatic N) is 3. The summed E-state index contributed by atoms with van der Waals surface area (Å²) >= 11 is 0. The molecule has 112 valence electrons. The summed E-state index contributed by atoms with van der Waals surface area (Å²) in [6.07, 6.45) is 0.839. The molecule has 21 heavy (non-hydrogen) atoms. The lowest BCUT2D eigenvalue weighted by Crippen LogP contribution is -2.25. The van der Waals surface area contributed by atoms with Crippen LogP contribution >= 0.6 is 0 Å². The van der Waals surface area contributed by atoms with Gasteiger partial charge in [-0.1, -0.05) is 13.0 Å². The molecule has 0 saturated heterocycles. The molecule has 2 rings (SSSR count). The summed E-state index contributed by atoms with van der Waals surface area (Å²) in [7, 11) is 0. The van der Waals surface area contributed by atoms with Crippen LogP contribution in [0.2, 0.25) is 0 Å². The highest BCUT2D eigenvalue weighted by molar-refractivity contribution is 5.93. The summed E-state index contributed by atoms with van der Waals surface area (Å²) in [6.45, 7) is 6.25. The monoisotopic (exact) mass is 288 g/mol. The number of carbonyl (C=O) groups is 1. The molecule has 0 bridgehead atoms. The maximum absolute atomic E-state index is 12.0. The molecule has 1 aromatic heterocycles. The number of amides is 1. The highest BCUT2D eigenvalue weighted by atomic mass is 16.3. The fourth-order valence-corrected chi connectivity index (χ4v) is 1.91. The smallest absolute Gasteiger partial charge is 0.273 e. The van der Waals surface area contributed by atoms with Gasteiger partial charge in [-0.25, -0.2) is 0 Å². The molecule has 0 aliphatic carbocycles. The van der Waals surface area contributed by atoms with Gasteiger partial charge in [-0.3, -0.25) is 4.79 Å². The molecule has 0 atom stereocenters. The number of hydrogen-bond donors (Lipinski definition) is 2. The van der Waals surface area contributed by atoms with Gasteiger partial charge in [0.25, 0.3) is 5.91 Å². The summed E-state index contributed by atoms with van der Waals surface area (Å²) in [5, 5.41) is 20.5. The minimum Gasteiger partial charge on any atom is -0.390 e. The Morgan fingerprint density at radius 3 is 2.67 bits per heavy atom. The molecule has 1 amide bonds. The van der Waals surface area contributed by atoms with E-state index in [0.717, 1.165) is 17.7 Å². The molecule has 0 spiro atoms. The van der Waals surface area contributed by atoms with Crippen molar-refractivity contribution >= 4 is 5.91 Å². The minimum absolute atomic E-state index is 0.171. The van der Waals surface area contributed by atoms with Crippen LogP contribution in [0.5, 0.6) is 0 Å². The number of aliphatic hydroxyl groups excluding tert-OH is 1. The first-order chi connectivity index (χ1) is 10.1.